The van der Waals surface area contributed by atoms with E-state index in [1.165, 1.54) is 11.8 Å². The van der Waals surface area contributed by atoms with Crippen LogP contribution in [-0.4, -0.2) is 17.7 Å². The molecule has 0 aliphatic heterocycles. The summed E-state index contributed by atoms with van der Waals surface area (Å²) in [5.41, 5.74) is 0.750. The molecule has 0 fully saturated rings. The van der Waals surface area contributed by atoms with Gasteiger partial charge in [-0.05, 0) is 24.3 Å². The van der Waals surface area contributed by atoms with Gasteiger partial charge < -0.3 is 5.32 Å². The number of benzene rings is 1. The van der Waals surface area contributed by atoms with Crippen LogP contribution >= 0.6 is 11.8 Å². The van der Waals surface area contributed by atoms with Crippen LogP contribution in [0.1, 0.15) is 13.3 Å². The Balaban J connectivity index is 3.07. The average molecular weight is 226 g/mol. The van der Waals surface area contributed by atoms with Crippen LogP contribution < -0.4 is 5.32 Å². The summed E-state index contributed by atoms with van der Waals surface area (Å²) < 4.78 is 0. The lowest BCUT2D eigenvalue weighted by Crippen LogP contribution is -1.98. The number of nitrogens with zero attached hydrogens (tertiary/aromatic N) is 1. The van der Waals surface area contributed by atoms with Gasteiger partial charge in [-0.3, -0.25) is 10.1 Å². The molecule has 1 aromatic rings. The number of anilines is 1. The molecule has 0 aromatic heterocycles. The molecule has 0 saturated heterocycles. The number of hydrogen-bond acceptors (Lipinski definition) is 4. The molecule has 82 valence electrons. The molecule has 1 rings (SSSR count). The zero-order valence-electron chi connectivity index (χ0n) is 8.82. The average Bonchev–Trinajstić information content (AvgIpc) is 2.25. The Kier molecular flexibility index (Phi) is 4.42. The summed E-state index contributed by atoms with van der Waals surface area (Å²) in [6.45, 7) is 2.06. The number of hydrogen-bond donors (Lipinski definition) is 1. The molecule has 0 aliphatic rings. The minimum absolute atomic E-state index is 0.179. The fraction of sp³-hybridized carbons (Fsp3) is 0.400. The van der Waals surface area contributed by atoms with E-state index in [9.17, 15) is 10.1 Å². The third-order valence-corrected chi connectivity index (χ3v) is 3.17. The van der Waals surface area contributed by atoms with Crippen LogP contribution in [0.25, 0.3) is 0 Å². The molecule has 0 amide bonds. The molecule has 4 nitrogen and oxygen atoms in total. The Morgan fingerprint density at radius 3 is 2.80 bits per heavy atom. The predicted octanol–water partition coefficient (Wildman–Crippen LogP) is 3.14. The molecule has 1 aromatic carbocycles. The summed E-state index contributed by atoms with van der Waals surface area (Å²) in [5.74, 6) is 0.897. The van der Waals surface area contributed by atoms with Gasteiger partial charge in [0.05, 0.1) is 9.82 Å². The molecule has 5 heteroatoms. The second-order valence-corrected chi connectivity index (χ2v) is 4.14. The number of nitro benzene ring substituents is 1. The van der Waals surface area contributed by atoms with Crippen molar-refractivity contribution in [3.05, 3.63) is 28.3 Å². The zero-order chi connectivity index (χ0) is 11.3. The van der Waals surface area contributed by atoms with Crippen molar-refractivity contribution < 1.29 is 4.92 Å². The summed E-state index contributed by atoms with van der Waals surface area (Å²) in [4.78, 5) is 11.3. The van der Waals surface area contributed by atoms with Gasteiger partial charge in [0, 0.05) is 7.05 Å². The van der Waals surface area contributed by atoms with E-state index in [4.69, 9.17) is 0 Å². The maximum absolute atomic E-state index is 10.9. The monoisotopic (exact) mass is 226 g/mol. The minimum Gasteiger partial charge on any atom is -0.383 e. The molecule has 0 bridgehead atoms. The highest BCUT2D eigenvalue weighted by Crippen LogP contribution is 2.35. The van der Waals surface area contributed by atoms with Crippen molar-refractivity contribution in [2.24, 2.45) is 0 Å². The van der Waals surface area contributed by atoms with Gasteiger partial charge in [-0.25, -0.2) is 0 Å². The first kappa shape index (κ1) is 11.8. The molecular formula is C10H14N2O2S. The van der Waals surface area contributed by atoms with Gasteiger partial charge in [-0.1, -0.05) is 13.0 Å². The van der Waals surface area contributed by atoms with E-state index < -0.39 is 0 Å². The van der Waals surface area contributed by atoms with E-state index in [0.717, 1.165) is 17.1 Å². The minimum atomic E-state index is -0.330. The molecule has 0 heterocycles. The SMILES string of the molecule is CCCSc1cccc(NC)c1[N+](=O)[O-]. The van der Waals surface area contributed by atoms with Gasteiger partial charge in [-0.15, -0.1) is 11.8 Å². The van der Waals surface area contributed by atoms with E-state index in [1.807, 2.05) is 6.07 Å². The lowest BCUT2D eigenvalue weighted by Gasteiger charge is -2.06. The van der Waals surface area contributed by atoms with Gasteiger partial charge in [-0.2, -0.15) is 0 Å². The van der Waals surface area contributed by atoms with Gasteiger partial charge >= 0.3 is 5.69 Å². The first-order valence-corrected chi connectivity index (χ1v) is 5.77. The van der Waals surface area contributed by atoms with Crippen LogP contribution in [0, 0.1) is 10.1 Å². The van der Waals surface area contributed by atoms with Gasteiger partial charge in [0.1, 0.15) is 5.69 Å². The second kappa shape index (κ2) is 5.60. The van der Waals surface area contributed by atoms with Gasteiger partial charge in [0.2, 0.25) is 0 Å². The van der Waals surface area contributed by atoms with E-state index in [-0.39, 0.29) is 10.6 Å². The first-order valence-electron chi connectivity index (χ1n) is 4.78. The third kappa shape index (κ3) is 2.86. The Labute approximate surface area is 93.2 Å². The maximum atomic E-state index is 10.9. The molecule has 0 saturated carbocycles. The van der Waals surface area contributed by atoms with Crippen LogP contribution in [-0.2, 0) is 0 Å². The normalized spacial score (nSPS) is 10.0. The number of nitro groups is 1. The van der Waals surface area contributed by atoms with Crippen LogP contribution in [0.5, 0.6) is 0 Å². The van der Waals surface area contributed by atoms with E-state index in [1.54, 1.807) is 19.2 Å². The van der Waals surface area contributed by atoms with Crippen LogP contribution in [0.4, 0.5) is 11.4 Å². The molecule has 0 aliphatic carbocycles. The highest BCUT2D eigenvalue weighted by atomic mass is 32.2. The van der Waals surface area contributed by atoms with Crippen molar-refractivity contribution >= 4 is 23.1 Å². The summed E-state index contributed by atoms with van der Waals surface area (Å²) in [6.07, 6.45) is 1.01. The van der Waals surface area contributed by atoms with Crippen molar-refractivity contribution in [1.29, 1.82) is 0 Å². The zero-order valence-corrected chi connectivity index (χ0v) is 9.63. The van der Waals surface area contributed by atoms with Crippen molar-refractivity contribution in [1.82, 2.24) is 0 Å². The van der Waals surface area contributed by atoms with Crippen molar-refractivity contribution in [3.63, 3.8) is 0 Å². The standard InChI is InChI=1S/C10H14N2O2S/c1-3-7-15-9-6-4-5-8(11-2)10(9)12(13)14/h4-6,11H,3,7H2,1-2H3. The van der Waals surface area contributed by atoms with E-state index >= 15 is 0 Å². The number of nitrogens with one attached hydrogen (secondary N) is 1. The number of para-hydroxylation sites is 1. The number of thioether (sulfide) groups is 1. The highest BCUT2D eigenvalue weighted by Gasteiger charge is 2.18. The summed E-state index contributed by atoms with van der Waals surface area (Å²) in [6, 6.07) is 5.34. The molecule has 1 N–H and O–H groups in total. The third-order valence-electron chi connectivity index (χ3n) is 1.91. The second-order valence-electron chi connectivity index (χ2n) is 3.01. The van der Waals surface area contributed by atoms with Crippen LogP contribution in [0.2, 0.25) is 0 Å². The Morgan fingerprint density at radius 1 is 1.53 bits per heavy atom. The predicted molar refractivity (Wildman–Crippen MR) is 63.7 cm³/mol. The highest BCUT2D eigenvalue weighted by molar-refractivity contribution is 7.99. The molecule has 0 atom stereocenters. The van der Waals surface area contributed by atoms with Gasteiger partial charge in [0.25, 0.3) is 0 Å². The summed E-state index contributed by atoms with van der Waals surface area (Å²) in [7, 11) is 1.69. The van der Waals surface area contributed by atoms with Crippen molar-refractivity contribution in [3.8, 4) is 0 Å². The molecular weight excluding hydrogens is 212 g/mol. The lowest BCUT2D eigenvalue weighted by molar-refractivity contribution is -0.386. The van der Waals surface area contributed by atoms with Gasteiger partial charge in [0.15, 0.2) is 0 Å². The Morgan fingerprint density at radius 2 is 2.27 bits per heavy atom. The Hall–Kier alpha value is -1.23. The molecule has 0 unspecified atom stereocenters. The van der Waals surface area contributed by atoms with Crippen LogP contribution in [0.3, 0.4) is 0 Å². The smallest absolute Gasteiger partial charge is 0.305 e. The van der Waals surface area contributed by atoms with Crippen molar-refractivity contribution in [2.45, 2.75) is 18.2 Å². The Bertz CT molecular complexity index is 355. The topological polar surface area (TPSA) is 55.2 Å². The summed E-state index contributed by atoms with van der Waals surface area (Å²) >= 11 is 1.52. The fourth-order valence-electron chi connectivity index (χ4n) is 1.24. The van der Waals surface area contributed by atoms with E-state index in [0.29, 0.717) is 5.69 Å². The quantitative estimate of drug-likeness (QED) is 0.476. The molecule has 0 radical (unpaired) electrons. The molecule has 15 heavy (non-hydrogen) atoms. The fourth-order valence-corrected chi connectivity index (χ4v) is 2.16. The van der Waals surface area contributed by atoms with E-state index in [2.05, 4.69) is 12.2 Å². The van der Waals surface area contributed by atoms with Crippen LogP contribution in [0.15, 0.2) is 23.1 Å². The largest absolute Gasteiger partial charge is 0.383 e. The maximum Gasteiger partial charge on any atom is 0.305 e. The number of rotatable bonds is 5. The molecule has 0 spiro atoms. The first-order chi connectivity index (χ1) is 7.20. The van der Waals surface area contributed by atoms with Crippen molar-refractivity contribution in [2.75, 3.05) is 18.1 Å². The lowest BCUT2D eigenvalue weighted by atomic mass is 10.3. The summed E-state index contributed by atoms with van der Waals surface area (Å²) in [5, 5.41) is 13.8.